The maximum absolute atomic E-state index is 11.9. The molecule has 1 heterocycles. The molecule has 0 spiro atoms. The van der Waals surface area contributed by atoms with E-state index < -0.39 is 0 Å². The van der Waals surface area contributed by atoms with Crippen LogP contribution >= 0.6 is 11.3 Å². The van der Waals surface area contributed by atoms with Crippen LogP contribution in [-0.4, -0.2) is 13.1 Å². The molecule has 0 saturated heterocycles. The highest BCUT2D eigenvalue weighted by molar-refractivity contribution is 7.18. The number of carbonyl (C=O) groups excluding carboxylic acids is 1. The fourth-order valence-electron chi connectivity index (χ4n) is 2.63. The molecular formula is C17H21NO2S. The van der Waals surface area contributed by atoms with Gasteiger partial charge in [0.1, 0.15) is 4.88 Å². The van der Waals surface area contributed by atoms with Crippen LogP contribution in [0.1, 0.15) is 46.1 Å². The Morgan fingerprint density at radius 3 is 2.29 bits per heavy atom. The van der Waals surface area contributed by atoms with Gasteiger partial charge in [0.15, 0.2) is 0 Å². The summed E-state index contributed by atoms with van der Waals surface area (Å²) in [5.41, 5.74) is 11.4. The molecule has 2 rings (SSSR count). The molecule has 2 aromatic rings. The number of anilines is 1. The Morgan fingerprint density at radius 1 is 1.24 bits per heavy atom. The highest BCUT2D eigenvalue weighted by atomic mass is 32.1. The third kappa shape index (κ3) is 2.68. The summed E-state index contributed by atoms with van der Waals surface area (Å²) in [6.07, 6.45) is 0. The van der Waals surface area contributed by atoms with Crippen LogP contribution in [0.25, 0.3) is 10.4 Å². The number of carbonyl (C=O) groups is 1. The van der Waals surface area contributed by atoms with Gasteiger partial charge in [-0.05, 0) is 42.0 Å². The zero-order valence-electron chi connectivity index (χ0n) is 13.1. The summed E-state index contributed by atoms with van der Waals surface area (Å²) in [7, 11) is 1.38. The standard InChI is InChI=1S/C17H21NO2S/c1-9(2)12-14(18)16(17(19)20-5)21-15(12)13-10(3)7-6-8-11(13)4/h6-9H,18H2,1-5H3. The van der Waals surface area contributed by atoms with Gasteiger partial charge in [-0.15, -0.1) is 11.3 Å². The molecule has 0 amide bonds. The van der Waals surface area contributed by atoms with Gasteiger partial charge in [0.05, 0.1) is 12.8 Å². The molecule has 1 aromatic heterocycles. The molecule has 0 atom stereocenters. The van der Waals surface area contributed by atoms with Crippen LogP contribution in [0.3, 0.4) is 0 Å². The summed E-state index contributed by atoms with van der Waals surface area (Å²) < 4.78 is 4.85. The molecule has 21 heavy (non-hydrogen) atoms. The van der Waals surface area contributed by atoms with Crippen LogP contribution < -0.4 is 5.73 Å². The number of methoxy groups -OCH3 is 1. The molecular weight excluding hydrogens is 282 g/mol. The summed E-state index contributed by atoms with van der Waals surface area (Å²) in [6, 6.07) is 6.21. The lowest BCUT2D eigenvalue weighted by atomic mass is 9.94. The van der Waals surface area contributed by atoms with Crippen molar-refractivity contribution in [1.82, 2.24) is 0 Å². The Morgan fingerprint density at radius 2 is 1.81 bits per heavy atom. The van der Waals surface area contributed by atoms with E-state index in [0.717, 1.165) is 10.4 Å². The van der Waals surface area contributed by atoms with Gasteiger partial charge in [0.2, 0.25) is 0 Å². The topological polar surface area (TPSA) is 52.3 Å². The second-order valence-corrected chi connectivity index (χ2v) is 6.52. The van der Waals surface area contributed by atoms with Gasteiger partial charge in [-0.2, -0.15) is 0 Å². The second kappa shape index (κ2) is 5.90. The lowest BCUT2D eigenvalue weighted by Gasteiger charge is -2.13. The highest BCUT2D eigenvalue weighted by Crippen LogP contribution is 2.44. The van der Waals surface area contributed by atoms with E-state index in [0.29, 0.717) is 10.6 Å². The molecule has 0 radical (unpaired) electrons. The molecule has 0 bridgehead atoms. The van der Waals surface area contributed by atoms with Crippen molar-refractivity contribution in [3.8, 4) is 10.4 Å². The van der Waals surface area contributed by atoms with Gasteiger partial charge in [-0.3, -0.25) is 0 Å². The molecule has 0 saturated carbocycles. The van der Waals surface area contributed by atoms with Gasteiger partial charge < -0.3 is 10.5 Å². The number of ether oxygens (including phenoxy) is 1. The van der Waals surface area contributed by atoms with Crippen LogP contribution in [0.2, 0.25) is 0 Å². The number of esters is 1. The van der Waals surface area contributed by atoms with Crippen LogP contribution in [0.5, 0.6) is 0 Å². The number of benzene rings is 1. The Kier molecular flexibility index (Phi) is 4.37. The van der Waals surface area contributed by atoms with Crippen molar-refractivity contribution in [1.29, 1.82) is 0 Å². The monoisotopic (exact) mass is 303 g/mol. The van der Waals surface area contributed by atoms with E-state index >= 15 is 0 Å². The minimum atomic E-state index is -0.364. The lowest BCUT2D eigenvalue weighted by Crippen LogP contribution is -2.03. The maximum atomic E-state index is 11.9. The van der Waals surface area contributed by atoms with Crippen molar-refractivity contribution in [3.05, 3.63) is 39.8 Å². The lowest BCUT2D eigenvalue weighted by molar-refractivity contribution is 0.0607. The second-order valence-electron chi connectivity index (χ2n) is 5.50. The number of rotatable bonds is 3. The first-order valence-corrected chi connectivity index (χ1v) is 7.77. The quantitative estimate of drug-likeness (QED) is 0.848. The third-order valence-corrected chi connectivity index (χ3v) is 4.86. The number of thiophene rings is 1. The van der Waals surface area contributed by atoms with Crippen molar-refractivity contribution >= 4 is 23.0 Å². The fourth-order valence-corrected chi connectivity index (χ4v) is 4.10. The minimum absolute atomic E-state index is 0.244. The fraction of sp³-hybridized carbons (Fsp3) is 0.353. The molecule has 3 nitrogen and oxygen atoms in total. The van der Waals surface area contributed by atoms with Gasteiger partial charge in [-0.1, -0.05) is 32.0 Å². The SMILES string of the molecule is COC(=O)c1sc(-c2c(C)cccc2C)c(C(C)C)c1N. The van der Waals surface area contributed by atoms with Gasteiger partial charge in [-0.25, -0.2) is 4.79 Å². The normalized spacial score (nSPS) is 11.0. The summed E-state index contributed by atoms with van der Waals surface area (Å²) in [5, 5.41) is 0. The molecule has 112 valence electrons. The van der Waals surface area contributed by atoms with Crippen molar-refractivity contribution in [2.75, 3.05) is 12.8 Å². The molecule has 0 unspecified atom stereocenters. The number of nitrogen functional groups attached to an aromatic ring is 1. The molecule has 0 fully saturated rings. The first-order valence-electron chi connectivity index (χ1n) is 6.95. The predicted molar refractivity (Wildman–Crippen MR) is 89.1 cm³/mol. The van der Waals surface area contributed by atoms with Gasteiger partial charge in [0, 0.05) is 4.88 Å². The Labute approximate surface area is 129 Å². The van der Waals surface area contributed by atoms with Gasteiger partial charge in [0.25, 0.3) is 0 Å². The van der Waals surface area contributed by atoms with E-state index in [2.05, 4.69) is 39.8 Å². The zero-order valence-corrected chi connectivity index (χ0v) is 13.9. The van der Waals surface area contributed by atoms with E-state index in [1.807, 2.05) is 6.07 Å². The predicted octanol–water partition coefficient (Wildman–Crippen LogP) is 4.52. The molecule has 2 N–H and O–H groups in total. The van der Waals surface area contributed by atoms with Crippen molar-refractivity contribution in [3.63, 3.8) is 0 Å². The van der Waals surface area contributed by atoms with Crippen LogP contribution in [0.4, 0.5) is 5.69 Å². The van der Waals surface area contributed by atoms with Gasteiger partial charge >= 0.3 is 5.97 Å². The molecule has 4 heteroatoms. The number of nitrogens with two attached hydrogens (primary N) is 1. The summed E-state index contributed by atoms with van der Waals surface area (Å²) >= 11 is 1.43. The average Bonchev–Trinajstić information content (AvgIpc) is 2.75. The first kappa shape index (κ1) is 15.6. The maximum Gasteiger partial charge on any atom is 0.350 e. The summed E-state index contributed by atoms with van der Waals surface area (Å²) in [6.45, 7) is 8.35. The van der Waals surface area contributed by atoms with Crippen molar-refractivity contribution in [2.45, 2.75) is 33.6 Å². The number of aryl methyl sites for hydroxylation is 2. The van der Waals surface area contributed by atoms with Crippen LogP contribution in [0.15, 0.2) is 18.2 Å². The van der Waals surface area contributed by atoms with Crippen molar-refractivity contribution in [2.24, 2.45) is 0 Å². The number of hydrogen-bond acceptors (Lipinski definition) is 4. The molecule has 0 aliphatic heterocycles. The van der Waals surface area contributed by atoms with Crippen molar-refractivity contribution < 1.29 is 9.53 Å². The molecule has 0 aliphatic carbocycles. The Bertz CT molecular complexity index is 666. The molecule has 0 aliphatic rings. The highest BCUT2D eigenvalue weighted by Gasteiger charge is 2.25. The van der Waals surface area contributed by atoms with E-state index in [1.165, 1.54) is 35.1 Å². The van der Waals surface area contributed by atoms with E-state index in [1.54, 1.807) is 0 Å². The largest absolute Gasteiger partial charge is 0.465 e. The zero-order chi connectivity index (χ0) is 15.7. The summed E-state index contributed by atoms with van der Waals surface area (Å²) in [4.78, 5) is 13.5. The third-order valence-electron chi connectivity index (χ3n) is 3.64. The summed E-state index contributed by atoms with van der Waals surface area (Å²) in [5.74, 6) is -0.120. The average molecular weight is 303 g/mol. The Hall–Kier alpha value is -1.81. The first-order chi connectivity index (χ1) is 9.88. The van der Waals surface area contributed by atoms with E-state index in [4.69, 9.17) is 10.5 Å². The van der Waals surface area contributed by atoms with Crippen LogP contribution in [-0.2, 0) is 4.74 Å². The van der Waals surface area contributed by atoms with E-state index in [-0.39, 0.29) is 11.9 Å². The molecule has 1 aromatic carbocycles. The smallest absolute Gasteiger partial charge is 0.350 e. The number of hydrogen-bond donors (Lipinski definition) is 1. The minimum Gasteiger partial charge on any atom is -0.465 e. The Balaban J connectivity index is 2.77. The van der Waals surface area contributed by atoms with E-state index in [9.17, 15) is 4.79 Å². The van der Waals surface area contributed by atoms with Crippen LogP contribution in [0, 0.1) is 13.8 Å².